The molecule has 0 radical (unpaired) electrons. The van der Waals surface area contributed by atoms with Gasteiger partial charge in [-0.15, -0.1) is 0 Å². The summed E-state index contributed by atoms with van der Waals surface area (Å²) in [6.45, 7) is 7.79. The Morgan fingerprint density at radius 2 is 2.15 bits per heavy atom. The van der Waals surface area contributed by atoms with Crippen molar-refractivity contribution in [2.24, 2.45) is 11.8 Å². The first-order valence-corrected chi connectivity index (χ1v) is 8.49. The molecule has 2 heteroatoms. The lowest BCUT2D eigenvalue weighted by Crippen LogP contribution is -2.32. The number of hydrogen-bond acceptors (Lipinski definition) is 1. The first-order chi connectivity index (χ1) is 9.63. The number of aryl methyl sites for hydroxylation is 1. The van der Waals surface area contributed by atoms with Crippen molar-refractivity contribution in [1.82, 2.24) is 5.32 Å². The fourth-order valence-corrected chi connectivity index (χ4v) is 3.77. The van der Waals surface area contributed by atoms with E-state index in [1.165, 1.54) is 43.2 Å². The Morgan fingerprint density at radius 1 is 1.35 bits per heavy atom. The van der Waals surface area contributed by atoms with Gasteiger partial charge in [0, 0.05) is 11.1 Å². The predicted molar refractivity (Wildman–Crippen MR) is 88.3 cm³/mol. The summed E-state index contributed by atoms with van der Waals surface area (Å²) in [6.07, 6.45) is 6.57. The Hall–Kier alpha value is -0.530. The number of nitrogens with one attached hydrogen (secondary N) is 1. The molecule has 1 fully saturated rings. The van der Waals surface area contributed by atoms with Gasteiger partial charge in [0.1, 0.15) is 0 Å². The first kappa shape index (κ1) is 15.9. The second kappa shape index (κ2) is 7.47. The van der Waals surface area contributed by atoms with Crippen LogP contribution in [0.1, 0.15) is 63.1 Å². The maximum Gasteiger partial charge on any atom is 0.0483 e. The van der Waals surface area contributed by atoms with Crippen LogP contribution in [-0.4, -0.2) is 6.54 Å². The zero-order chi connectivity index (χ0) is 14.5. The van der Waals surface area contributed by atoms with Crippen molar-refractivity contribution in [3.05, 3.63) is 34.3 Å². The lowest BCUT2D eigenvalue weighted by molar-refractivity contribution is 0.224. The molecule has 3 unspecified atom stereocenters. The standard InChI is InChI=1S/C18H28ClN/c1-4-11-20-18(15-9-5-7-13(2)12-15)16-10-6-8-14(3)17(16)19/h6,8,10,13,15,18,20H,4-5,7,9,11-12H2,1-3H3. The molecule has 0 bridgehead atoms. The van der Waals surface area contributed by atoms with E-state index in [0.717, 1.165) is 23.4 Å². The third kappa shape index (κ3) is 3.77. The van der Waals surface area contributed by atoms with Crippen LogP contribution in [0.4, 0.5) is 0 Å². The van der Waals surface area contributed by atoms with Crippen molar-refractivity contribution >= 4 is 11.6 Å². The molecule has 1 N–H and O–H groups in total. The lowest BCUT2D eigenvalue weighted by Gasteiger charge is -2.35. The summed E-state index contributed by atoms with van der Waals surface area (Å²) in [6, 6.07) is 6.88. The average molecular weight is 294 g/mol. The van der Waals surface area contributed by atoms with Gasteiger partial charge in [-0.1, -0.05) is 56.5 Å². The maximum atomic E-state index is 6.58. The monoisotopic (exact) mass is 293 g/mol. The molecule has 3 atom stereocenters. The number of hydrogen-bond donors (Lipinski definition) is 1. The van der Waals surface area contributed by atoms with Gasteiger partial charge >= 0.3 is 0 Å². The van der Waals surface area contributed by atoms with E-state index in [1.54, 1.807) is 0 Å². The zero-order valence-corrected chi connectivity index (χ0v) is 13.8. The molecule has 20 heavy (non-hydrogen) atoms. The summed E-state index contributed by atoms with van der Waals surface area (Å²) >= 11 is 6.58. The van der Waals surface area contributed by atoms with E-state index in [9.17, 15) is 0 Å². The van der Waals surface area contributed by atoms with Crippen molar-refractivity contribution in [2.75, 3.05) is 6.54 Å². The van der Waals surface area contributed by atoms with Crippen LogP contribution in [0.2, 0.25) is 5.02 Å². The molecule has 112 valence electrons. The molecule has 0 saturated heterocycles. The smallest absolute Gasteiger partial charge is 0.0483 e. The summed E-state index contributed by atoms with van der Waals surface area (Å²) in [7, 11) is 0. The van der Waals surface area contributed by atoms with Crippen LogP contribution in [0.15, 0.2) is 18.2 Å². The Labute approximate surface area is 129 Å². The number of halogens is 1. The molecule has 0 amide bonds. The van der Waals surface area contributed by atoms with Gasteiger partial charge in [0.15, 0.2) is 0 Å². The van der Waals surface area contributed by atoms with Crippen molar-refractivity contribution in [1.29, 1.82) is 0 Å². The lowest BCUT2D eigenvalue weighted by atomic mass is 9.76. The van der Waals surface area contributed by atoms with E-state index in [0.29, 0.717) is 6.04 Å². The predicted octanol–water partition coefficient (Wildman–Crippen LogP) is 5.52. The van der Waals surface area contributed by atoms with Gasteiger partial charge < -0.3 is 5.32 Å². The van der Waals surface area contributed by atoms with Crippen LogP contribution >= 0.6 is 11.6 Å². The molecule has 0 aromatic heterocycles. The Bertz CT molecular complexity index is 429. The summed E-state index contributed by atoms with van der Waals surface area (Å²) in [4.78, 5) is 0. The highest BCUT2D eigenvalue weighted by molar-refractivity contribution is 6.32. The van der Waals surface area contributed by atoms with Gasteiger partial charge in [0.25, 0.3) is 0 Å². The van der Waals surface area contributed by atoms with Gasteiger partial charge in [-0.25, -0.2) is 0 Å². The molecule has 1 aliphatic rings. The molecule has 1 saturated carbocycles. The molecule has 1 aromatic carbocycles. The van der Waals surface area contributed by atoms with Gasteiger partial charge in [0.05, 0.1) is 0 Å². The van der Waals surface area contributed by atoms with Gasteiger partial charge in [-0.2, -0.15) is 0 Å². The first-order valence-electron chi connectivity index (χ1n) is 8.11. The summed E-state index contributed by atoms with van der Waals surface area (Å²) in [5.41, 5.74) is 2.50. The summed E-state index contributed by atoms with van der Waals surface area (Å²) in [5.74, 6) is 1.58. The van der Waals surface area contributed by atoms with Crippen LogP contribution in [0.25, 0.3) is 0 Å². The molecule has 1 aliphatic carbocycles. The second-order valence-electron chi connectivity index (χ2n) is 6.44. The average Bonchev–Trinajstić information content (AvgIpc) is 2.44. The largest absolute Gasteiger partial charge is 0.310 e. The molecule has 1 aromatic rings. The van der Waals surface area contributed by atoms with Crippen molar-refractivity contribution in [2.45, 2.75) is 58.9 Å². The zero-order valence-electron chi connectivity index (χ0n) is 13.1. The molecule has 2 rings (SSSR count). The van der Waals surface area contributed by atoms with Crippen molar-refractivity contribution < 1.29 is 0 Å². The van der Waals surface area contributed by atoms with Crippen LogP contribution in [0, 0.1) is 18.8 Å². The van der Waals surface area contributed by atoms with E-state index in [-0.39, 0.29) is 0 Å². The van der Waals surface area contributed by atoms with Crippen LogP contribution in [-0.2, 0) is 0 Å². The highest BCUT2D eigenvalue weighted by Crippen LogP contribution is 2.39. The Kier molecular flexibility index (Phi) is 5.92. The minimum atomic E-state index is 0.421. The normalized spacial score (nSPS) is 24.6. The van der Waals surface area contributed by atoms with E-state index >= 15 is 0 Å². The fourth-order valence-electron chi connectivity index (χ4n) is 3.52. The minimum absolute atomic E-state index is 0.421. The minimum Gasteiger partial charge on any atom is -0.310 e. The van der Waals surface area contributed by atoms with E-state index in [2.05, 4.69) is 44.3 Å². The highest BCUT2D eigenvalue weighted by Gasteiger charge is 2.28. The molecular weight excluding hydrogens is 266 g/mol. The van der Waals surface area contributed by atoms with Crippen LogP contribution in [0.5, 0.6) is 0 Å². The summed E-state index contributed by atoms with van der Waals surface area (Å²) < 4.78 is 0. The van der Waals surface area contributed by atoms with Gasteiger partial charge in [0.2, 0.25) is 0 Å². The topological polar surface area (TPSA) is 12.0 Å². The maximum absolute atomic E-state index is 6.58. The SMILES string of the molecule is CCCNC(c1cccc(C)c1Cl)C1CCCC(C)C1. The quantitative estimate of drug-likeness (QED) is 0.754. The highest BCUT2D eigenvalue weighted by atomic mass is 35.5. The molecule has 0 spiro atoms. The third-order valence-corrected chi connectivity index (χ3v) is 5.14. The van der Waals surface area contributed by atoms with E-state index in [4.69, 9.17) is 11.6 Å². The second-order valence-corrected chi connectivity index (χ2v) is 6.82. The third-order valence-electron chi connectivity index (χ3n) is 4.62. The summed E-state index contributed by atoms with van der Waals surface area (Å²) in [5, 5.41) is 4.72. The molecule has 1 nitrogen and oxygen atoms in total. The Morgan fingerprint density at radius 3 is 2.85 bits per heavy atom. The van der Waals surface area contributed by atoms with Crippen molar-refractivity contribution in [3.63, 3.8) is 0 Å². The molecular formula is C18H28ClN. The van der Waals surface area contributed by atoms with Gasteiger partial charge in [-0.05, 0) is 55.7 Å². The van der Waals surface area contributed by atoms with Crippen LogP contribution < -0.4 is 5.32 Å². The van der Waals surface area contributed by atoms with Crippen molar-refractivity contribution in [3.8, 4) is 0 Å². The van der Waals surface area contributed by atoms with E-state index in [1.807, 2.05) is 0 Å². The molecule has 0 heterocycles. The fraction of sp³-hybridized carbons (Fsp3) is 0.667. The number of rotatable bonds is 5. The van der Waals surface area contributed by atoms with Gasteiger partial charge in [-0.3, -0.25) is 0 Å². The molecule has 0 aliphatic heterocycles. The van der Waals surface area contributed by atoms with Crippen LogP contribution in [0.3, 0.4) is 0 Å². The Balaban J connectivity index is 2.24. The number of benzene rings is 1. The van der Waals surface area contributed by atoms with E-state index < -0.39 is 0 Å².